The summed E-state index contributed by atoms with van der Waals surface area (Å²) in [6, 6.07) is 6.13. The maximum atomic E-state index is 13.5. The summed E-state index contributed by atoms with van der Waals surface area (Å²) in [5.41, 5.74) is 5.82. The molecule has 1 fully saturated rings. The van der Waals surface area contributed by atoms with Gasteiger partial charge in [-0.25, -0.2) is 4.39 Å². The maximum absolute atomic E-state index is 13.5. The average Bonchev–Trinajstić information content (AvgIpc) is 2.39. The fourth-order valence-electron chi connectivity index (χ4n) is 2.57. The molecule has 3 N–H and O–H groups in total. The predicted octanol–water partition coefficient (Wildman–Crippen LogP) is 2.49. The molecule has 0 spiro atoms. The number of rotatable bonds is 3. The molecule has 1 aliphatic rings. The summed E-state index contributed by atoms with van der Waals surface area (Å²) in [5, 5.41) is 2.92. The lowest BCUT2D eigenvalue weighted by atomic mass is 9.84. The summed E-state index contributed by atoms with van der Waals surface area (Å²) in [6.07, 6.45) is 4.23. The van der Waals surface area contributed by atoms with E-state index in [1.807, 2.05) is 0 Å². The summed E-state index contributed by atoms with van der Waals surface area (Å²) in [5.74, 6) is -0.497. The molecule has 106 valence electrons. The Morgan fingerprint density at radius 1 is 1.32 bits per heavy atom. The molecule has 1 aliphatic carbocycles. The smallest absolute Gasteiger partial charge is 0.254 e. The zero-order chi connectivity index (χ0) is 13.0. The van der Waals surface area contributed by atoms with Crippen LogP contribution in [0.2, 0.25) is 0 Å². The largest absolute Gasteiger partial charge is 0.349 e. The molecule has 0 radical (unpaired) electrons. The molecule has 1 saturated carbocycles. The molecule has 2 atom stereocenters. The molecule has 1 aromatic rings. The number of amides is 1. The van der Waals surface area contributed by atoms with E-state index in [4.69, 9.17) is 5.73 Å². The van der Waals surface area contributed by atoms with Gasteiger partial charge in [-0.05, 0) is 37.4 Å². The molecule has 2 unspecified atom stereocenters. The minimum absolute atomic E-state index is 0. The Kier molecular flexibility index (Phi) is 6.25. The van der Waals surface area contributed by atoms with Gasteiger partial charge in [-0.1, -0.05) is 25.0 Å². The molecule has 0 heterocycles. The second-order valence-electron chi connectivity index (χ2n) is 4.84. The van der Waals surface area contributed by atoms with Crippen molar-refractivity contribution in [2.75, 3.05) is 6.54 Å². The second-order valence-corrected chi connectivity index (χ2v) is 4.84. The molecule has 1 amide bonds. The minimum Gasteiger partial charge on any atom is -0.349 e. The highest BCUT2D eigenvalue weighted by Crippen LogP contribution is 2.24. The van der Waals surface area contributed by atoms with E-state index < -0.39 is 5.82 Å². The molecule has 2 rings (SSSR count). The number of carbonyl (C=O) groups excluding carboxylic acids is 1. The van der Waals surface area contributed by atoms with Crippen LogP contribution in [0.25, 0.3) is 0 Å². The molecule has 19 heavy (non-hydrogen) atoms. The number of benzene rings is 1. The first-order valence-corrected chi connectivity index (χ1v) is 6.48. The molecule has 3 nitrogen and oxygen atoms in total. The van der Waals surface area contributed by atoms with Crippen LogP contribution in [0.15, 0.2) is 24.3 Å². The van der Waals surface area contributed by atoms with E-state index in [2.05, 4.69) is 5.32 Å². The van der Waals surface area contributed by atoms with Crippen LogP contribution in [0.3, 0.4) is 0 Å². The van der Waals surface area contributed by atoms with Crippen LogP contribution in [-0.4, -0.2) is 18.5 Å². The van der Waals surface area contributed by atoms with Crippen LogP contribution in [0, 0.1) is 11.7 Å². The Morgan fingerprint density at radius 2 is 2.00 bits per heavy atom. The van der Waals surface area contributed by atoms with Crippen LogP contribution in [0.1, 0.15) is 36.0 Å². The standard InChI is InChI=1S/C14H19FN2O.ClH/c15-12-7-3-2-6-11(12)14(18)17-13-8-4-1-5-10(13)9-16;/h2-3,6-7,10,13H,1,4-5,8-9,16H2,(H,17,18);1H. The number of nitrogens with two attached hydrogens (primary N) is 1. The van der Waals surface area contributed by atoms with Gasteiger partial charge < -0.3 is 11.1 Å². The quantitative estimate of drug-likeness (QED) is 0.897. The summed E-state index contributed by atoms with van der Waals surface area (Å²) in [7, 11) is 0. The van der Waals surface area contributed by atoms with E-state index in [9.17, 15) is 9.18 Å². The highest BCUT2D eigenvalue weighted by molar-refractivity contribution is 5.94. The zero-order valence-electron chi connectivity index (χ0n) is 10.8. The van der Waals surface area contributed by atoms with Crippen molar-refractivity contribution in [3.63, 3.8) is 0 Å². The number of carbonyl (C=O) groups is 1. The van der Waals surface area contributed by atoms with Gasteiger partial charge in [0.25, 0.3) is 5.91 Å². The van der Waals surface area contributed by atoms with E-state index in [1.54, 1.807) is 12.1 Å². The van der Waals surface area contributed by atoms with Crippen molar-refractivity contribution in [2.45, 2.75) is 31.7 Å². The van der Waals surface area contributed by atoms with Gasteiger partial charge in [0.05, 0.1) is 5.56 Å². The fourth-order valence-corrected chi connectivity index (χ4v) is 2.57. The first-order valence-electron chi connectivity index (χ1n) is 6.48. The topological polar surface area (TPSA) is 55.1 Å². The van der Waals surface area contributed by atoms with Crippen molar-refractivity contribution in [3.05, 3.63) is 35.6 Å². The molecule has 1 aromatic carbocycles. The zero-order valence-corrected chi connectivity index (χ0v) is 11.6. The van der Waals surface area contributed by atoms with Crippen LogP contribution in [-0.2, 0) is 0 Å². The minimum atomic E-state index is -0.477. The van der Waals surface area contributed by atoms with Crippen molar-refractivity contribution in [3.8, 4) is 0 Å². The third-order valence-electron chi connectivity index (χ3n) is 3.65. The van der Waals surface area contributed by atoms with E-state index in [-0.39, 0.29) is 29.9 Å². The number of halogens is 2. The van der Waals surface area contributed by atoms with E-state index in [0.29, 0.717) is 12.5 Å². The second kappa shape index (κ2) is 7.46. The molecular weight excluding hydrogens is 267 g/mol. The van der Waals surface area contributed by atoms with Crippen molar-refractivity contribution >= 4 is 18.3 Å². The van der Waals surface area contributed by atoms with E-state index in [0.717, 1.165) is 25.7 Å². The van der Waals surface area contributed by atoms with Crippen molar-refractivity contribution in [1.29, 1.82) is 0 Å². The summed E-state index contributed by atoms with van der Waals surface area (Å²) < 4.78 is 13.5. The van der Waals surface area contributed by atoms with Crippen LogP contribution < -0.4 is 11.1 Å². The van der Waals surface area contributed by atoms with E-state index in [1.165, 1.54) is 12.1 Å². The summed E-state index contributed by atoms with van der Waals surface area (Å²) >= 11 is 0. The Hall–Kier alpha value is -1.13. The van der Waals surface area contributed by atoms with Crippen LogP contribution in [0.4, 0.5) is 4.39 Å². The Balaban J connectivity index is 0.00000180. The normalized spacial score (nSPS) is 22.4. The highest BCUT2D eigenvalue weighted by atomic mass is 35.5. The van der Waals surface area contributed by atoms with Gasteiger partial charge in [0.2, 0.25) is 0 Å². The molecule has 0 aromatic heterocycles. The van der Waals surface area contributed by atoms with Gasteiger partial charge in [0.1, 0.15) is 5.82 Å². The average molecular weight is 287 g/mol. The number of nitrogens with one attached hydrogen (secondary N) is 1. The summed E-state index contributed by atoms with van der Waals surface area (Å²) in [6.45, 7) is 0.572. The third-order valence-corrected chi connectivity index (χ3v) is 3.65. The van der Waals surface area contributed by atoms with Gasteiger partial charge in [0, 0.05) is 6.04 Å². The molecule has 0 bridgehead atoms. The highest BCUT2D eigenvalue weighted by Gasteiger charge is 2.26. The van der Waals surface area contributed by atoms with Crippen LogP contribution >= 0.6 is 12.4 Å². The lowest BCUT2D eigenvalue weighted by Crippen LogP contribution is -2.44. The van der Waals surface area contributed by atoms with Gasteiger partial charge >= 0.3 is 0 Å². The van der Waals surface area contributed by atoms with E-state index >= 15 is 0 Å². The lowest BCUT2D eigenvalue weighted by molar-refractivity contribution is 0.0904. The molecule has 5 heteroatoms. The number of hydrogen-bond donors (Lipinski definition) is 2. The van der Waals surface area contributed by atoms with Crippen molar-refractivity contribution < 1.29 is 9.18 Å². The monoisotopic (exact) mass is 286 g/mol. The lowest BCUT2D eigenvalue weighted by Gasteiger charge is -2.31. The van der Waals surface area contributed by atoms with Gasteiger partial charge in [-0.3, -0.25) is 4.79 Å². The first kappa shape index (κ1) is 15.9. The fraction of sp³-hybridized carbons (Fsp3) is 0.500. The van der Waals surface area contributed by atoms with Gasteiger partial charge in [-0.2, -0.15) is 0 Å². The van der Waals surface area contributed by atoms with Crippen molar-refractivity contribution in [2.24, 2.45) is 11.7 Å². The first-order chi connectivity index (χ1) is 8.72. The maximum Gasteiger partial charge on any atom is 0.254 e. The predicted molar refractivity (Wildman–Crippen MR) is 75.9 cm³/mol. The Morgan fingerprint density at radius 3 is 2.68 bits per heavy atom. The molecule has 0 saturated heterocycles. The third kappa shape index (κ3) is 3.91. The Bertz CT molecular complexity index is 428. The van der Waals surface area contributed by atoms with Crippen molar-refractivity contribution in [1.82, 2.24) is 5.32 Å². The number of hydrogen-bond acceptors (Lipinski definition) is 2. The SMILES string of the molecule is Cl.NCC1CCCCC1NC(=O)c1ccccc1F. The molecule has 0 aliphatic heterocycles. The molecular formula is C14H20ClFN2O. The van der Waals surface area contributed by atoms with Gasteiger partial charge in [0.15, 0.2) is 0 Å². The Labute approximate surface area is 119 Å². The summed E-state index contributed by atoms with van der Waals surface area (Å²) in [4.78, 5) is 12.0. The van der Waals surface area contributed by atoms with Crippen LogP contribution in [0.5, 0.6) is 0 Å². The van der Waals surface area contributed by atoms with Gasteiger partial charge in [-0.15, -0.1) is 12.4 Å².